The second kappa shape index (κ2) is 6.30. The molecule has 0 radical (unpaired) electrons. The van der Waals surface area contributed by atoms with Crippen molar-refractivity contribution in [2.75, 3.05) is 0 Å². The van der Waals surface area contributed by atoms with Crippen molar-refractivity contribution in [3.8, 4) is 11.3 Å². The van der Waals surface area contributed by atoms with Crippen LogP contribution in [0.3, 0.4) is 0 Å². The predicted molar refractivity (Wildman–Crippen MR) is 102 cm³/mol. The van der Waals surface area contributed by atoms with Gasteiger partial charge >= 0.3 is 0 Å². The lowest BCUT2D eigenvalue weighted by atomic mass is 9.97. The van der Waals surface area contributed by atoms with Crippen LogP contribution in [0.1, 0.15) is 27.2 Å². The summed E-state index contributed by atoms with van der Waals surface area (Å²) in [7, 11) is 0. The van der Waals surface area contributed by atoms with E-state index in [1.54, 1.807) is 11.3 Å². The summed E-state index contributed by atoms with van der Waals surface area (Å²) in [6, 6.07) is 14.1. The van der Waals surface area contributed by atoms with Crippen LogP contribution < -0.4 is 0 Å². The maximum atomic E-state index is 12.7. The molecule has 3 nitrogen and oxygen atoms in total. The third-order valence-corrected chi connectivity index (χ3v) is 5.20. The van der Waals surface area contributed by atoms with E-state index in [0.717, 1.165) is 28.2 Å². The molecule has 3 heterocycles. The molecule has 0 atom stereocenters. The number of Topliss-reactive ketones (excluding diaryl/α,β-unsaturated/α-hetero) is 1. The average Bonchev–Trinajstić information content (AvgIpc) is 3.24. The minimum atomic E-state index is 0.124. The van der Waals surface area contributed by atoms with E-state index in [0.29, 0.717) is 6.42 Å². The molecule has 1 aromatic carbocycles. The minimum absolute atomic E-state index is 0.124. The molecule has 25 heavy (non-hydrogen) atoms. The first-order valence-electron chi connectivity index (χ1n) is 8.23. The Kier molecular flexibility index (Phi) is 3.98. The fraction of sp³-hybridized carbons (Fsp3) is 0.143. The first-order chi connectivity index (χ1) is 12.1. The Hall–Kier alpha value is -2.72. The number of fused-ring (bicyclic) bond motifs is 1. The quantitative estimate of drug-likeness (QED) is 0.482. The summed E-state index contributed by atoms with van der Waals surface area (Å²) in [6.07, 6.45) is 2.32. The zero-order valence-electron chi connectivity index (χ0n) is 14.2. The molecule has 4 heteroatoms. The van der Waals surface area contributed by atoms with Gasteiger partial charge in [-0.2, -0.15) is 11.3 Å². The van der Waals surface area contributed by atoms with Crippen LogP contribution in [0.2, 0.25) is 0 Å². The molecule has 0 unspecified atom stereocenters. The van der Waals surface area contributed by atoms with Crippen LogP contribution in [0.4, 0.5) is 0 Å². The molecule has 0 fully saturated rings. The van der Waals surface area contributed by atoms with E-state index in [1.165, 1.54) is 11.1 Å². The number of carbonyl (C=O) groups is 1. The number of ketones is 1. The number of imidazole rings is 1. The standard InChI is InChI=1S/C21H18N2OS/c1-14-6-5-7-15(2)20(14)21-17(12-18(24)16-9-11-25-13-16)23-10-4-3-8-19(23)22-21/h3-11,13H,12H2,1-2H3. The van der Waals surface area contributed by atoms with Gasteiger partial charge in [-0.05, 0) is 48.6 Å². The van der Waals surface area contributed by atoms with Crippen molar-refractivity contribution in [2.45, 2.75) is 20.3 Å². The van der Waals surface area contributed by atoms with E-state index < -0.39 is 0 Å². The van der Waals surface area contributed by atoms with Gasteiger partial charge in [0.25, 0.3) is 0 Å². The minimum Gasteiger partial charge on any atom is -0.303 e. The normalized spacial score (nSPS) is 11.1. The molecule has 0 spiro atoms. The number of hydrogen-bond donors (Lipinski definition) is 0. The van der Waals surface area contributed by atoms with Crippen molar-refractivity contribution < 1.29 is 4.79 Å². The summed E-state index contributed by atoms with van der Waals surface area (Å²) in [4.78, 5) is 17.6. The van der Waals surface area contributed by atoms with Gasteiger partial charge in [-0.1, -0.05) is 24.3 Å². The molecule has 0 N–H and O–H groups in total. The Balaban J connectivity index is 1.91. The van der Waals surface area contributed by atoms with Gasteiger partial charge in [-0.25, -0.2) is 4.98 Å². The van der Waals surface area contributed by atoms with Crippen LogP contribution in [0.5, 0.6) is 0 Å². The van der Waals surface area contributed by atoms with E-state index in [-0.39, 0.29) is 5.78 Å². The third-order valence-electron chi connectivity index (χ3n) is 4.52. The van der Waals surface area contributed by atoms with Crippen molar-refractivity contribution in [2.24, 2.45) is 0 Å². The highest BCUT2D eigenvalue weighted by Gasteiger charge is 2.20. The molecule has 4 aromatic rings. The van der Waals surface area contributed by atoms with Gasteiger partial charge in [-0.15, -0.1) is 0 Å². The SMILES string of the molecule is Cc1cccc(C)c1-c1nc2ccccn2c1CC(=O)c1ccsc1. The molecule has 0 saturated carbocycles. The van der Waals surface area contributed by atoms with Gasteiger partial charge in [0.2, 0.25) is 0 Å². The van der Waals surface area contributed by atoms with Gasteiger partial charge in [-0.3, -0.25) is 4.79 Å². The summed E-state index contributed by atoms with van der Waals surface area (Å²) < 4.78 is 2.03. The van der Waals surface area contributed by atoms with Crippen LogP contribution in [0, 0.1) is 13.8 Å². The van der Waals surface area contributed by atoms with Gasteiger partial charge < -0.3 is 4.40 Å². The highest BCUT2D eigenvalue weighted by molar-refractivity contribution is 7.08. The molecule has 0 saturated heterocycles. The zero-order chi connectivity index (χ0) is 17.4. The Morgan fingerprint density at radius 2 is 1.88 bits per heavy atom. The molecular weight excluding hydrogens is 328 g/mol. The van der Waals surface area contributed by atoms with Crippen molar-refractivity contribution >= 4 is 22.8 Å². The fourth-order valence-electron chi connectivity index (χ4n) is 3.28. The summed E-state index contributed by atoms with van der Waals surface area (Å²) in [6.45, 7) is 4.19. The smallest absolute Gasteiger partial charge is 0.169 e. The second-order valence-electron chi connectivity index (χ2n) is 6.21. The average molecular weight is 346 g/mol. The van der Waals surface area contributed by atoms with E-state index in [9.17, 15) is 4.79 Å². The number of thiophene rings is 1. The lowest BCUT2D eigenvalue weighted by molar-refractivity contribution is 0.0992. The summed E-state index contributed by atoms with van der Waals surface area (Å²) >= 11 is 1.55. The first-order valence-corrected chi connectivity index (χ1v) is 9.17. The maximum Gasteiger partial charge on any atom is 0.169 e. The number of benzene rings is 1. The van der Waals surface area contributed by atoms with E-state index in [4.69, 9.17) is 4.98 Å². The van der Waals surface area contributed by atoms with E-state index >= 15 is 0 Å². The summed E-state index contributed by atoms with van der Waals surface area (Å²) in [5.41, 5.74) is 6.96. The Labute approximate surface area is 150 Å². The number of aromatic nitrogens is 2. The number of hydrogen-bond acceptors (Lipinski definition) is 3. The first kappa shape index (κ1) is 15.8. The van der Waals surface area contributed by atoms with Crippen LogP contribution in [-0.4, -0.2) is 15.2 Å². The highest BCUT2D eigenvalue weighted by Crippen LogP contribution is 2.31. The molecule has 3 aromatic heterocycles. The van der Waals surface area contributed by atoms with Gasteiger partial charge in [0.05, 0.1) is 17.8 Å². The van der Waals surface area contributed by atoms with Crippen molar-refractivity contribution in [1.82, 2.24) is 9.38 Å². The lowest BCUT2D eigenvalue weighted by Crippen LogP contribution is -2.06. The monoisotopic (exact) mass is 346 g/mol. The maximum absolute atomic E-state index is 12.7. The van der Waals surface area contributed by atoms with Crippen LogP contribution in [0.25, 0.3) is 16.9 Å². The van der Waals surface area contributed by atoms with Crippen molar-refractivity contribution in [3.05, 3.63) is 81.8 Å². The number of rotatable bonds is 4. The molecule has 0 bridgehead atoms. The fourth-order valence-corrected chi connectivity index (χ4v) is 3.94. The highest BCUT2D eigenvalue weighted by atomic mass is 32.1. The van der Waals surface area contributed by atoms with Crippen LogP contribution in [0.15, 0.2) is 59.4 Å². The number of aryl methyl sites for hydroxylation is 2. The molecule has 0 aliphatic carbocycles. The van der Waals surface area contributed by atoms with Crippen LogP contribution in [-0.2, 0) is 6.42 Å². The largest absolute Gasteiger partial charge is 0.303 e. The third kappa shape index (κ3) is 2.79. The van der Waals surface area contributed by atoms with Gasteiger partial charge in [0.1, 0.15) is 5.65 Å². The molecular formula is C21H18N2OS. The lowest BCUT2D eigenvalue weighted by Gasteiger charge is -2.10. The molecule has 124 valence electrons. The predicted octanol–water partition coefficient (Wildman–Crippen LogP) is 5.11. The van der Waals surface area contributed by atoms with Crippen LogP contribution >= 0.6 is 11.3 Å². The Morgan fingerprint density at radius 3 is 2.60 bits per heavy atom. The van der Waals surface area contributed by atoms with E-state index in [1.807, 2.05) is 45.6 Å². The Morgan fingerprint density at radius 1 is 1.08 bits per heavy atom. The second-order valence-corrected chi connectivity index (χ2v) is 6.99. The zero-order valence-corrected chi connectivity index (χ0v) is 15.0. The van der Waals surface area contributed by atoms with E-state index in [2.05, 4.69) is 32.0 Å². The Bertz CT molecular complexity index is 1040. The van der Waals surface area contributed by atoms with Crippen molar-refractivity contribution in [3.63, 3.8) is 0 Å². The van der Waals surface area contributed by atoms with Gasteiger partial charge in [0.15, 0.2) is 5.78 Å². The number of nitrogens with zero attached hydrogens (tertiary/aromatic N) is 2. The van der Waals surface area contributed by atoms with Crippen molar-refractivity contribution in [1.29, 1.82) is 0 Å². The number of carbonyl (C=O) groups excluding carboxylic acids is 1. The molecule has 0 aliphatic rings. The number of pyridine rings is 1. The molecule has 0 amide bonds. The summed E-state index contributed by atoms with van der Waals surface area (Å²) in [5, 5.41) is 3.85. The van der Waals surface area contributed by atoms with Gasteiger partial charge in [0, 0.05) is 22.7 Å². The summed E-state index contributed by atoms with van der Waals surface area (Å²) in [5.74, 6) is 0.124. The molecule has 0 aliphatic heterocycles. The topological polar surface area (TPSA) is 34.4 Å². The molecule has 4 rings (SSSR count).